The second kappa shape index (κ2) is 12.1. The lowest BCUT2D eigenvalue weighted by atomic mass is 10.2. The molecule has 0 spiro atoms. The van der Waals surface area contributed by atoms with Gasteiger partial charge in [0, 0.05) is 17.1 Å². The van der Waals surface area contributed by atoms with Crippen molar-refractivity contribution >= 4 is 34.7 Å². The monoisotopic (exact) mass is 521 g/mol. The molecule has 0 fully saturated rings. The van der Waals surface area contributed by atoms with E-state index in [1.807, 2.05) is 120 Å². The molecule has 1 amide bonds. The Bertz CT molecular complexity index is 1440. The molecule has 4 aromatic carbocycles. The molecule has 0 aliphatic heterocycles. The highest BCUT2D eigenvalue weighted by atomic mass is 32.2. The number of hydrogen-bond donors (Lipinski definition) is 1. The van der Waals surface area contributed by atoms with Crippen LogP contribution in [0.3, 0.4) is 0 Å². The molecule has 7 nitrogen and oxygen atoms in total. The minimum atomic E-state index is -0.0521. The van der Waals surface area contributed by atoms with Crippen LogP contribution in [0, 0.1) is 0 Å². The summed E-state index contributed by atoms with van der Waals surface area (Å²) in [6.07, 6.45) is 0. The Kier molecular flexibility index (Phi) is 8.01. The van der Waals surface area contributed by atoms with Crippen molar-refractivity contribution in [1.82, 2.24) is 14.8 Å². The summed E-state index contributed by atoms with van der Waals surface area (Å²) >= 11 is 1.36. The second-order valence-electron chi connectivity index (χ2n) is 8.31. The summed E-state index contributed by atoms with van der Waals surface area (Å²) < 4.78 is 7.44. The maximum atomic E-state index is 13.6. The van der Waals surface area contributed by atoms with E-state index in [1.54, 1.807) is 12.0 Å². The number of carbonyl (C=O) groups is 1. The number of anilines is 3. The summed E-state index contributed by atoms with van der Waals surface area (Å²) in [5, 5.41) is 13.0. The van der Waals surface area contributed by atoms with Crippen LogP contribution in [-0.4, -0.2) is 33.5 Å². The van der Waals surface area contributed by atoms with Crippen molar-refractivity contribution in [2.75, 3.05) is 23.1 Å². The van der Waals surface area contributed by atoms with E-state index in [0.29, 0.717) is 11.7 Å². The largest absolute Gasteiger partial charge is 0.495 e. The van der Waals surface area contributed by atoms with Gasteiger partial charge < -0.3 is 10.1 Å². The van der Waals surface area contributed by atoms with Crippen LogP contribution in [0.4, 0.5) is 17.1 Å². The predicted molar refractivity (Wildman–Crippen MR) is 152 cm³/mol. The van der Waals surface area contributed by atoms with Gasteiger partial charge >= 0.3 is 0 Å². The Morgan fingerprint density at radius 3 is 2.03 bits per heavy atom. The van der Waals surface area contributed by atoms with Crippen LogP contribution in [0.5, 0.6) is 5.75 Å². The number of ether oxygens (including phenoxy) is 1. The molecule has 0 saturated heterocycles. The van der Waals surface area contributed by atoms with Crippen molar-refractivity contribution < 1.29 is 9.53 Å². The summed E-state index contributed by atoms with van der Waals surface area (Å²) in [5.74, 6) is 1.61. The Morgan fingerprint density at radius 1 is 0.816 bits per heavy atom. The van der Waals surface area contributed by atoms with E-state index in [9.17, 15) is 4.79 Å². The van der Waals surface area contributed by atoms with E-state index in [0.717, 1.165) is 34.3 Å². The van der Waals surface area contributed by atoms with Crippen molar-refractivity contribution in [3.05, 3.63) is 121 Å². The molecule has 1 aromatic heterocycles. The van der Waals surface area contributed by atoms with E-state index >= 15 is 0 Å². The fraction of sp³-hybridized carbons (Fsp3) is 0.100. The van der Waals surface area contributed by atoms with Crippen LogP contribution in [0.25, 0.3) is 5.69 Å². The maximum Gasteiger partial charge on any atom is 0.242 e. The first kappa shape index (κ1) is 25.1. The standard InChI is InChI=1S/C30H27N5O2S/c1-37-27-20-12-11-19-26(27)31-21-28-32-33-30(35(28)25-17-9-4-10-18-25)38-22-29(36)34(23-13-5-2-6-14-23)24-15-7-3-8-16-24/h2-20,31H,21-22H2,1H3. The average Bonchev–Trinajstić information content (AvgIpc) is 3.39. The number of methoxy groups -OCH3 is 1. The molecular formula is C30H27N5O2S. The topological polar surface area (TPSA) is 72.3 Å². The third kappa shape index (κ3) is 5.71. The number of carbonyl (C=O) groups excluding carboxylic acids is 1. The zero-order valence-electron chi connectivity index (χ0n) is 20.9. The molecule has 8 heteroatoms. The molecule has 38 heavy (non-hydrogen) atoms. The maximum absolute atomic E-state index is 13.6. The minimum absolute atomic E-state index is 0.0521. The highest BCUT2D eigenvalue weighted by Gasteiger charge is 2.21. The van der Waals surface area contributed by atoms with Gasteiger partial charge in [-0.2, -0.15) is 0 Å². The number of nitrogens with one attached hydrogen (secondary N) is 1. The quantitative estimate of drug-likeness (QED) is 0.216. The highest BCUT2D eigenvalue weighted by Crippen LogP contribution is 2.29. The fourth-order valence-electron chi connectivity index (χ4n) is 4.09. The van der Waals surface area contributed by atoms with E-state index in [-0.39, 0.29) is 11.7 Å². The fourth-order valence-corrected chi connectivity index (χ4v) is 4.91. The molecule has 1 heterocycles. The summed E-state index contributed by atoms with van der Waals surface area (Å²) in [6, 6.07) is 37.0. The molecule has 0 aliphatic rings. The molecule has 0 aliphatic carbocycles. The van der Waals surface area contributed by atoms with Crippen molar-refractivity contribution in [3.8, 4) is 11.4 Å². The van der Waals surface area contributed by atoms with E-state index in [2.05, 4.69) is 15.5 Å². The van der Waals surface area contributed by atoms with Crippen LogP contribution in [0.15, 0.2) is 120 Å². The first-order valence-electron chi connectivity index (χ1n) is 12.2. The summed E-state index contributed by atoms with van der Waals surface area (Å²) in [6.45, 7) is 0.428. The van der Waals surface area contributed by atoms with Gasteiger partial charge in [0.1, 0.15) is 5.75 Å². The third-order valence-corrected chi connectivity index (χ3v) is 6.78. The highest BCUT2D eigenvalue weighted by molar-refractivity contribution is 7.99. The van der Waals surface area contributed by atoms with Crippen LogP contribution in [-0.2, 0) is 11.3 Å². The van der Waals surface area contributed by atoms with E-state index in [4.69, 9.17) is 4.74 Å². The van der Waals surface area contributed by atoms with Crippen LogP contribution in [0.1, 0.15) is 5.82 Å². The van der Waals surface area contributed by atoms with Crippen molar-refractivity contribution in [2.45, 2.75) is 11.7 Å². The number of rotatable bonds is 10. The molecule has 0 radical (unpaired) electrons. The van der Waals surface area contributed by atoms with Crippen LogP contribution in [0.2, 0.25) is 0 Å². The zero-order chi connectivity index (χ0) is 26.2. The van der Waals surface area contributed by atoms with E-state index < -0.39 is 0 Å². The molecule has 1 N–H and O–H groups in total. The van der Waals surface area contributed by atoms with E-state index in [1.165, 1.54) is 11.8 Å². The van der Waals surface area contributed by atoms with Crippen molar-refractivity contribution in [2.24, 2.45) is 0 Å². The summed E-state index contributed by atoms with van der Waals surface area (Å²) in [5.41, 5.74) is 3.42. The second-order valence-corrected chi connectivity index (χ2v) is 9.26. The Hall–Kier alpha value is -4.56. The number of nitrogens with zero attached hydrogens (tertiary/aromatic N) is 4. The van der Waals surface area contributed by atoms with Gasteiger partial charge in [-0.25, -0.2) is 0 Å². The molecule has 0 saturated carbocycles. The van der Waals surface area contributed by atoms with Crippen LogP contribution >= 0.6 is 11.8 Å². The van der Waals surface area contributed by atoms with Gasteiger partial charge in [-0.15, -0.1) is 10.2 Å². The van der Waals surface area contributed by atoms with Crippen molar-refractivity contribution in [1.29, 1.82) is 0 Å². The zero-order valence-corrected chi connectivity index (χ0v) is 21.7. The smallest absolute Gasteiger partial charge is 0.242 e. The summed E-state index contributed by atoms with van der Waals surface area (Å²) in [4.78, 5) is 15.3. The number of hydrogen-bond acceptors (Lipinski definition) is 6. The van der Waals surface area contributed by atoms with Crippen LogP contribution < -0.4 is 15.0 Å². The molecular weight excluding hydrogens is 494 g/mol. The van der Waals surface area contributed by atoms with Crippen molar-refractivity contribution in [3.63, 3.8) is 0 Å². The Morgan fingerprint density at radius 2 is 1.39 bits per heavy atom. The Balaban J connectivity index is 1.40. The summed E-state index contributed by atoms with van der Waals surface area (Å²) in [7, 11) is 1.65. The van der Waals surface area contributed by atoms with Gasteiger partial charge in [-0.3, -0.25) is 14.3 Å². The lowest BCUT2D eigenvalue weighted by Crippen LogP contribution is -2.27. The number of aromatic nitrogens is 3. The Labute approximate surface area is 226 Å². The molecule has 190 valence electrons. The average molecular weight is 522 g/mol. The molecule has 5 aromatic rings. The number of amides is 1. The number of thioether (sulfide) groups is 1. The first-order chi connectivity index (χ1) is 18.7. The predicted octanol–water partition coefficient (Wildman–Crippen LogP) is 6.35. The van der Waals surface area contributed by atoms with Gasteiger partial charge in [0.15, 0.2) is 11.0 Å². The van der Waals surface area contributed by atoms with Gasteiger partial charge in [-0.1, -0.05) is 78.5 Å². The number of para-hydroxylation sites is 5. The van der Waals surface area contributed by atoms with Gasteiger partial charge in [0.05, 0.1) is 25.1 Å². The lowest BCUT2D eigenvalue weighted by Gasteiger charge is -2.23. The molecule has 0 bridgehead atoms. The molecule has 0 unspecified atom stereocenters. The van der Waals surface area contributed by atoms with Gasteiger partial charge in [0.25, 0.3) is 0 Å². The molecule has 0 atom stereocenters. The van der Waals surface area contributed by atoms with Gasteiger partial charge in [-0.05, 0) is 48.5 Å². The normalized spacial score (nSPS) is 10.7. The molecule has 5 rings (SSSR count). The first-order valence-corrected chi connectivity index (χ1v) is 13.2. The van der Waals surface area contributed by atoms with Gasteiger partial charge in [0.2, 0.25) is 5.91 Å². The SMILES string of the molecule is COc1ccccc1NCc1nnc(SCC(=O)N(c2ccccc2)c2ccccc2)n1-c1ccccc1. The number of benzene rings is 4. The third-order valence-electron chi connectivity index (χ3n) is 5.86. The minimum Gasteiger partial charge on any atom is -0.495 e. The lowest BCUT2D eigenvalue weighted by molar-refractivity contribution is -0.115.